The third kappa shape index (κ3) is 5.11. The van der Waals surface area contributed by atoms with Crippen molar-refractivity contribution in [3.8, 4) is 11.5 Å². The van der Waals surface area contributed by atoms with Gasteiger partial charge in [-0.05, 0) is 49.3 Å². The molecule has 0 atom stereocenters. The molecule has 0 saturated heterocycles. The maximum absolute atomic E-state index is 12.8. The molecule has 0 bridgehead atoms. The van der Waals surface area contributed by atoms with Crippen molar-refractivity contribution in [1.82, 2.24) is 4.90 Å². The van der Waals surface area contributed by atoms with Crippen LogP contribution in [0.4, 0.5) is 5.69 Å². The Kier molecular flexibility index (Phi) is 7.18. The van der Waals surface area contributed by atoms with Gasteiger partial charge in [-0.25, -0.2) is 0 Å². The SMILES string of the molecule is CCN(C)CCOc1cc2c(cc1OC)CCN2C(=O)/C=C/c1ccccc1Cl. The van der Waals surface area contributed by atoms with Gasteiger partial charge in [-0.3, -0.25) is 4.79 Å². The molecular formula is C23H27ClN2O3. The summed E-state index contributed by atoms with van der Waals surface area (Å²) in [4.78, 5) is 16.8. The zero-order valence-electron chi connectivity index (χ0n) is 17.2. The minimum Gasteiger partial charge on any atom is -0.493 e. The molecule has 0 saturated carbocycles. The summed E-state index contributed by atoms with van der Waals surface area (Å²) in [6.45, 7) is 5.08. The van der Waals surface area contributed by atoms with E-state index < -0.39 is 0 Å². The number of anilines is 1. The van der Waals surface area contributed by atoms with Crippen LogP contribution < -0.4 is 14.4 Å². The van der Waals surface area contributed by atoms with Crippen molar-refractivity contribution in [1.29, 1.82) is 0 Å². The lowest BCUT2D eigenvalue weighted by Crippen LogP contribution is -2.27. The number of amides is 1. The van der Waals surface area contributed by atoms with E-state index in [0.29, 0.717) is 29.7 Å². The Morgan fingerprint density at radius 1 is 1.28 bits per heavy atom. The molecule has 2 aromatic carbocycles. The minimum absolute atomic E-state index is 0.0782. The first kappa shape index (κ1) is 21.2. The smallest absolute Gasteiger partial charge is 0.251 e. The average Bonchev–Trinajstić information content (AvgIpc) is 3.15. The number of halogens is 1. The van der Waals surface area contributed by atoms with Gasteiger partial charge < -0.3 is 19.3 Å². The number of benzene rings is 2. The molecule has 0 aliphatic carbocycles. The van der Waals surface area contributed by atoms with Crippen molar-refractivity contribution in [3.63, 3.8) is 0 Å². The van der Waals surface area contributed by atoms with Crippen molar-refractivity contribution in [2.24, 2.45) is 0 Å². The molecule has 0 N–H and O–H groups in total. The van der Waals surface area contributed by atoms with Gasteiger partial charge in [0.2, 0.25) is 0 Å². The van der Waals surface area contributed by atoms with E-state index in [2.05, 4.69) is 18.9 Å². The molecule has 2 aromatic rings. The molecule has 1 amide bonds. The second kappa shape index (κ2) is 9.81. The van der Waals surface area contributed by atoms with Crippen LogP contribution in [0.5, 0.6) is 11.5 Å². The second-order valence-electron chi connectivity index (χ2n) is 6.97. The van der Waals surface area contributed by atoms with Gasteiger partial charge in [0.25, 0.3) is 5.91 Å². The van der Waals surface area contributed by atoms with Crippen molar-refractivity contribution in [3.05, 3.63) is 58.6 Å². The van der Waals surface area contributed by atoms with Crippen LogP contribution in [0, 0.1) is 0 Å². The van der Waals surface area contributed by atoms with Gasteiger partial charge in [0.1, 0.15) is 6.61 Å². The molecule has 5 nitrogen and oxygen atoms in total. The second-order valence-corrected chi connectivity index (χ2v) is 7.38. The average molecular weight is 415 g/mol. The maximum Gasteiger partial charge on any atom is 0.251 e. The summed E-state index contributed by atoms with van der Waals surface area (Å²) >= 11 is 6.17. The number of hydrogen-bond donors (Lipinski definition) is 0. The number of carbonyl (C=O) groups excluding carboxylic acids is 1. The number of nitrogens with zero attached hydrogens (tertiary/aromatic N) is 2. The first-order valence-corrected chi connectivity index (χ1v) is 10.2. The van der Waals surface area contributed by atoms with Crippen molar-refractivity contribution in [2.45, 2.75) is 13.3 Å². The van der Waals surface area contributed by atoms with Crippen LogP contribution in [0.15, 0.2) is 42.5 Å². The highest BCUT2D eigenvalue weighted by Crippen LogP contribution is 2.39. The fourth-order valence-corrected chi connectivity index (χ4v) is 3.43. The summed E-state index contributed by atoms with van der Waals surface area (Å²) < 4.78 is 11.5. The molecule has 1 aliphatic rings. The third-order valence-electron chi connectivity index (χ3n) is 5.11. The molecule has 1 aliphatic heterocycles. The van der Waals surface area contributed by atoms with Crippen LogP contribution in [0.2, 0.25) is 5.02 Å². The van der Waals surface area contributed by atoms with Crippen LogP contribution in [-0.4, -0.2) is 51.2 Å². The highest BCUT2D eigenvalue weighted by atomic mass is 35.5. The van der Waals surface area contributed by atoms with Crippen LogP contribution in [0.1, 0.15) is 18.1 Å². The Bertz CT molecular complexity index is 898. The number of methoxy groups -OCH3 is 1. The van der Waals surface area contributed by atoms with E-state index in [0.717, 1.165) is 36.3 Å². The molecule has 3 rings (SSSR count). The number of hydrogen-bond acceptors (Lipinski definition) is 4. The molecule has 154 valence electrons. The van der Waals surface area contributed by atoms with Gasteiger partial charge in [0.05, 0.1) is 12.8 Å². The molecule has 29 heavy (non-hydrogen) atoms. The van der Waals surface area contributed by atoms with Gasteiger partial charge in [0.15, 0.2) is 11.5 Å². The van der Waals surface area contributed by atoms with E-state index >= 15 is 0 Å². The number of fused-ring (bicyclic) bond motifs is 1. The molecule has 6 heteroatoms. The molecular weight excluding hydrogens is 388 g/mol. The minimum atomic E-state index is -0.0782. The Labute approximate surface area is 177 Å². The summed E-state index contributed by atoms with van der Waals surface area (Å²) in [5, 5.41) is 0.621. The topological polar surface area (TPSA) is 42.0 Å². The van der Waals surface area contributed by atoms with Gasteiger partial charge in [-0.15, -0.1) is 0 Å². The fourth-order valence-electron chi connectivity index (χ4n) is 3.23. The van der Waals surface area contributed by atoms with Gasteiger partial charge >= 0.3 is 0 Å². The highest BCUT2D eigenvalue weighted by Gasteiger charge is 2.26. The third-order valence-corrected chi connectivity index (χ3v) is 5.45. The van der Waals surface area contributed by atoms with Crippen molar-refractivity contribution >= 4 is 29.3 Å². The first-order valence-electron chi connectivity index (χ1n) is 9.79. The van der Waals surface area contributed by atoms with Crippen LogP contribution >= 0.6 is 11.6 Å². The van der Waals surface area contributed by atoms with Crippen LogP contribution in [0.3, 0.4) is 0 Å². The van der Waals surface area contributed by atoms with E-state index in [4.69, 9.17) is 21.1 Å². The fraction of sp³-hybridized carbons (Fsp3) is 0.348. The van der Waals surface area contributed by atoms with Gasteiger partial charge in [-0.2, -0.15) is 0 Å². The monoisotopic (exact) mass is 414 g/mol. The molecule has 0 unspecified atom stereocenters. The van der Waals surface area contributed by atoms with E-state index in [1.54, 1.807) is 24.2 Å². The predicted molar refractivity (Wildman–Crippen MR) is 118 cm³/mol. The quantitative estimate of drug-likeness (QED) is 0.604. The normalized spacial score (nSPS) is 13.2. The molecule has 0 radical (unpaired) electrons. The van der Waals surface area contributed by atoms with Gasteiger partial charge in [0, 0.05) is 30.3 Å². The van der Waals surface area contributed by atoms with Crippen molar-refractivity contribution < 1.29 is 14.3 Å². The zero-order chi connectivity index (χ0) is 20.8. The van der Waals surface area contributed by atoms with E-state index in [9.17, 15) is 4.79 Å². The standard InChI is InChI=1S/C23H27ClN2O3/c1-4-25(2)13-14-29-22-16-20-18(15-21(22)28-3)11-12-26(20)23(27)10-9-17-7-5-6-8-19(17)24/h5-10,15-16H,4,11-14H2,1-3H3/b10-9+. The lowest BCUT2D eigenvalue weighted by Gasteiger charge is -2.19. The molecule has 0 spiro atoms. The lowest BCUT2D eigenvalue weighted by atomic mass is 10.1. The van der Waals surface area contributed by atoms with E-state index in [1.807, 2.05) is 36.4 Å². The maximum atomic E-state index is 12.8. The van der Waals surface area contributed by atoms with Crippen LogP contribution in [0.25, 0.3) is 6.08 Å². The summed E-state index contributed by atoms with van der Waals surface area (Å²) in [7, 11) is 3.69. The predicted octanol–water partition coefficient (Wildman–Crippen LogP) is 4.28. The number of ether oxygens (including phenoxy) is 2. The zero-order valence-corrected chi connectivity index (χ0v) is 17.9. The molecule has 1 heterocycles. The van der Waals surface area contributed by atoms with Crippen molar-refractivity contribution in [2.75, 3.05) is 45.3 Å². The Balaban J connectivity index is 1.77. The molecule has 0 aromatic heterocycles. The van der Waals surface area contributed by atoms with Crippen LogP contribution in [-0.2, 0) is 11.2 Å². The Morgan fingerprint density at radius 3 is 2.79 bits per heavy atom. The van der Waals surface area contributed by atoms with Gasteiger partial charge in [-0.1, -0.05) is 36.7 Å². The van der Waals surface area contributed by atoms with E-state index in [1.165, 1.54) is 0 Å². The number of rotatable bonds is 8. The summed E-state index contributed by atoms with van der Waals surface area (Å²) in [5.74, 6) is 1.28. The highest BCUT2D eigenvalue weighted by molar-refractivity contribution is 6.32. The number of carbonyl (C=O) groups is 1. The Morgan fingerprint density at radius 2 is 2.07 bits per heavy atom. The number of likely N-dealkylation sites (N-methyl/N-ethyl adjacent to an activating group) is 1. The largest absolute Gasteiger partial charge is 0.493 e. The lowest BCUT2D eigenvalue weighted by molar-refractivity contribution is -0.114. The Hall–Kier alpha value is -2.50. The molecule has 0 fully saturated rings. The first-order chi connectivity index (χ1) is 14.0. The summed E-state index contributed by atoms with van der Waals surface area (Å²) in [6.07, 6.45) is 4.11. The summed E-state index contributed by atoms with van der Waals surface area (Å²) in [6, 6.07) is 11.3. The van der Waals surface area contributed by atoms with E-state index in [-0.39, 0.29) is 5.91 Å². The summed E-state index contributed by atoms with van der Waals surface area (Å²) in [5.41, 5.74) is 2.78.